The van der Waals surface area contributed by atoms with Crippen molar-refractivity contribution in [3.05, 3.63) is 119 Å². The number of benzene rings is 3. The molecule has 39 heavy (non-hydrogen) atoms. The first kappa shape index (κ1) is 21.7. The lowest BCUT2D eigenvalue weighted by atomic mass is 9.68. The summed E-state index contributed by atoms with van der Waals surface area (Å²) in [5.41, 5.74) is 15.5. The van der Waals surface area contributed by atoms with E-state index < -0.39 is 0 Å². The number of aryl methyl sites for hydroxylation is 2. The van der Waals surface area contributed by atoms with Crippen LogP contribution in [0.2, 0.25) is 0 Å². The summed E-state index contributed by atoms with van der Waals surface area (Å²) < 4.78 is 8.63. The van der Waals surface area contributed by atoms with Crippen LogP contribution in [0.4, 0.5) is 0 Å². The molecule has 0 radical (unpaired) electrons. The van der Waals surface area contributed by atoms with Crippen LogP contribution < -0.4 is 4.57 Å². The topological polar surface area (TPSA) is 29.9 Å². The maximum Gasteiger partial charge on any atom is 0.216 e. The molecule has 188 valence electrons. The zero-order valence-corrected chi connectivity index (χ0v) is 22.3. The summed E-state index contributed by atoms with van der Waals surface area (Å²) in [5.74, 6) is 0. The summed E-state index contributed by atoms with van der Waals surface area (Å²) >= 11 is 0. The van der Waals surface area contributed by atoms with E-state index in [0.717, 1.165) is 33.3 Å². The molecule has 3 aliphatic carbocycles. The molecule has 6 aromatic rings. The zero-order valence-electron chi connectivity index (χ0n) is 22.3. The zero-order chi connectivity index (χ0) is 25.9. The van der Waals surface area contributed by atoms with E-state index in [2.05, 4.69) is 96.4 Å². The molecule has 0 atom stereocenters. The van der Waals surface area contributed by atoms with Gasteiger partial charge in [-0.05, 0) is 95.8 Å². The summed E-state index contributed by atoms with van der Waals surface area (Å²) in [6.45, 7) is 2.17. The highest BCUT2D eigenvalue weighted by atomic mass is 16.3. The highest BCUT2D eigenvalue weighted by molar-refractivity contribution is 6.07. The molecule has 3 aromatic heterocycles. The van der Waals surface area contributed by atoms with Crippen LogP contribution >= 0.6 is 0 Å². The van der Waals surface area contributed by atoms with Crippen molar-refractivity contribution >= 4 is 22.1 Å². The molecule has 3 heteroatoms. The van der Waals surface area contributed by atoms with Crippen molar-refractivity contribution in [3.8, 4) is 22.4 Å². The van der Waals surface area contributed by atoms with Gasteiger partial charge in [-0.15, -0.1) is 0 Å². The van der Waals surface area contributed by atoms with Crippen LogP contribution in [0, 0.1) is 6.92 Å². The normalized spacial score (nSPS) is 17.5. The summed E-state index contributed by atoms with van der Waals surface area (Å²) in [5, 5.41) is 1.06. The average molecular weight is 506 g/mol. The van der Waals surface area contributed by atoms with Crippen LogP contribution in [0.5, 0.6) is 0 Å². The summed E-state index contributed by atoms with van der Waals surface area (Å²) in [6.07, 6.45) is 9.08. The molecule has 0 N–H and O–H groups in total. The molecular formula is C36H29N2O+. The number of fused-ring (bicyclic) bond motifs is 9. The first-order valence-corrected chi connectivity index (χ1v) is 14.1. The second-order valence-corrected chi connectivity index (χ2v) is 12.0. The molecule has 2 fully saturated rings. The molecule has 3 aromatic carbocycles. The van der Waals surface area contributed by atoms with Crippen molar-refractivity contribution in [1.82, 2.24) is 4.98 Å². The molecular weight excluding hydrogens is 476 g/mol. The van der Waals surface area contributed by atoms with Crippen LogP contribution in [-0.2, 0) is 17.9 Å². The third kappa shape index (κ3) is 2.78. The predicted octanol–water partition coefficient (Wildman–Crippen LogP) is 7.92. The molecule has 0 saturated heterocycles. The van der Waals surface area contributed by atoms with Gasteiger partial charge < -0.3 is 4.42 Å². The Morgan fingerprint density at radius 2 is 1.46 bits per heavy atom. The molecule has 0 amide bonds. The van der Waals surface area contributed by atoms with Crippen LogP contribution in [0.25, 0.3) is 44.5 Å². The number of rotatable bonds is 2. The average Bonchev–Trinajstić information content (AvgIpc) is 3.89. The summed E-state index contributed by atoms with van der Waals surface area (Å²) in [6, 6.07) is 29.5. The number of aromatic nitrogens is 2. The molecule has 3 nitrogen and oxygen atoms in total. The van der Waals surface area contributed by atoms with E-state index in [1.165, 1.54) is 42.4 Å². The summed E-state index contributed by atoms with van der Waals surface area (Å²) in [4.78, 5) is 4.61. The quantitative estimate of drug-likeness (QED) is 0.224. The molecule has 0 aliphatic heterocycles. The largest absolute Gasteiger partial charge is 0.453 e. The minimum Gasteiger partial charge on any atom is -0.453 e. The Morgan fingerprint density at radius 1 is 0.744 bits per heavy atom. The van der Waals surface area contributed by atoms with E-state index in [1.54, 1.807) is 22.3 Å². The highest BCUT2D eigenvalue weighted by Gasteiger charge is 2.60. The smallest absolute Gasteiger partial charge is 0.216 e. The SMILES string of the molecule is Cc1ccc2c(oc3cccnc32)c1-c1cc(-c2ccc3c(c2)C2(CC2)c2ccccc2C32CC2)cc[n+]1C. The maximum atomic E-state index is 6.42. The first-order chi connectivity index (χ1) is 19.1. The standard InChI is InChI=1S/C36H29N2O/c1-22-9-11-25-33-31(8-5-18-37-33)39-34(25)32(22)30-21-24(13-19-38(30)2)23-10-12-28-29(20-23)36(16-17-36)27-7-4-3-6-26(27)35(28)14-15-35/h3-13,18-21H,14-17H2,1-2H3/q+1. The first-order valence-electron chi connectivity index (χ1n) is 14.1. The number of hydrogen-bond acceptors (Lipinski definition) is 2. The lowest BCUT2D eigenvalue weighted by Crippen LogP contribution is -2.30. The van der Waals surface area contributed by atoms with Crippen LogP contribution in [-0.4, -0.2) is 4.98 Å². The Kier molecular flexibility index (Phi) is 4.02. The van der Waals surface area contributed by atoms with Crippen molar-refractivity contribution in [2.45, 2.75) is 43.4 Å². The molecule has 3 heterocycles. The predicted molar refractivity (Wildman–Crippen MR) is 155 cm³/mol. The van der Waals surface area contributed by atoms with Gasteiger partial charge in [0.05, 0.1) is 5.56 Å². The van der Waals surface area contributed by atoms with Gasteiger partial charge in [-0.1, -0.05) is 42.5 Å². The van der Waals surface area contributed by atoms with E-state index in [9.17, 15) is 0 Å². The van der Waals surface area contributed by atoms with Gasteiger partial charge >= 0.3 is 0 Å². The third-order valence-electron chi connectivity index (χ3n) is 9.85. The van der Waals surface area contributed by atoms with Crippen LogP contribution in [0.3, 0.4) is 0 Å². The van der Waals surface area contributed by atoms with Gasteiger partial charge in [0, 0.05) is 34.5 Å². The molecule has 0 unspecified atom stereocenters. The molecule has 2 saturated carbocycles. The fourth-order valence-electron chi connectivity index (χ4n) is 7.55. The molecule has 3 aliphatic rings. The Morgan fingerprint density at radius 3 is 2.23 bits per heavy atom. The Hall–Kier alpha value is -4.24. The van der Waals surface area contributed by atoms with Crippen molar-refractivity contribution in [2.75, 3.05) is 0 Å². The second-order valence-electron chi connectivity index (χ2n) is 12.0. The van der Waals surface area contributed by atoms with Crippen molar-refractivity contribution in [2.24, 2.45) is 7.05 Å². The van der Waals surface area contributed by atoms with Crippen molar-refractivity contribution in [3.63, 3.8) is 0 Å². The number of pyridine rings is 2. The minimum absolute atomic E-state index is 0.210. The Labute approximate surface area is 227 Å². The molecule has 9 rings (SSSR count). The van der Waals surface area contributed by atoms with Gasteiger partial charge in [-0.25, -0.2) is 4.57 Å². The van der Waals surface area contributed by atoms with Crippen molar-refractivity contribution < 1.29 is 8.98 Å². The van der Waals surface area contributed by atoms with E-state index in [0.29, 0.717) is 0 Å². The Bertz CT molecular complexity index is 2000. The van der Waals surface area contributed by atoms with Gasteiger partial charge in [0.2, 0.25) is 5.69 Å². The molecule has 0 bridgehead atoms. The Balaban J connectivity index is 1.23. The van der Waals surface area contributed by atoms with Gasteiger partial charge in [0.25, 0.3) is 0 Å². The van der Waals surface area contributed by atoms with Crippen LogP contribution in [0.1, 0.15) is 53.5 Å². The number of furan rings is 1. The highest BCUT2D eigenvalue weighted by Crippen LogP contribution is 2.68. The van der Waals surface area contributed by atoms with E-state index in [4.69, 9.17) is 4.42 Å². The molecule has 2 spiro atoms. The van der Waals surface area contributed by atoms with E-state index >= 15 is 0 Å². The minimum atomic E-state index is 0.210. The fourth-order valence-corrected chi connectivity index (χ4v) is 7.55. The summed E-state index contributed by atoms with van der Waals surface area (Å²) in [7, 11) is 2.12. The van der Waals surface area contributed by atoms with Crippen LogP contribution in [0.15, 0.2) is 95.7 Å². The van der Waals surface area contributed by atoms with Gasteiger partial charge in [0.15, 0.2) is 17.4 Å². The second kappa shape index (κ2) is 7.24. The lowest BCUT2D eigenvalue weighted by molar-refractivity contribution is -0.660. The monoisotopic (exact) mass is 505 g/mol. The number of nitrogens with zero attached hydrogens (tertiary/aromatic N) is 2. The van der Waals surface area contributed by atoms with E-state index in [-0.39, 0.29) is 10.8 Å². The maximum absolute atomic E-state index is 6.42. The van der Waals surface area contributed by atoms with Crippen molar-refractivity contribution in [1.29, 1.82) is 0 Å². The third-order valence-corrected chi connectivity index (χ3v) is 9.85. The van der Waals surface area contributed by atoms with Gasteiger partial charge in [-0.2, -0.15) is 0 Å². The fraction of sp³-hybridized carbons (Fsp3) is 0.222. The van der Waals surface area contributed by atoms with Gasteiger partial charge in [0.1, 0.15) is 12.6 Å². The number of hydrogen-bond donors (Lipinski definition) is 0. The van der Waals surface area contributed by atoms with Gasteiger partial charge in [-0.3, -0.25) is 4.98 Å². The van der Waals surface area contributed by atoms with E-state index in [1.807, 2.05) is 18.3 Å². The lowest BCUT2D eigenvalue weighted by Gasteiger charge is -2.35.